The van der Waals surface area contributed by atoms with Crippen molar-refractivity contribution in [1.29, 1.82) is 0 Å². The standard InChI is InChI=1S/C33H51N7O7S/c1-22(2)40-30-9-7-6-8-23(30)16-29(32(40)43)31(42)34-25-17-26-10-11-27(18-25)39(26)21-28(41)20-38(33(44)47-5)15-14-37-13-12-24(19-37)35-48(45,46)36(3)4/h6-9,16,22,24-28,35,41H,10-15,17-21H2,1-5H3,(H,34,42)/t24?,25?,26-,27+,28?. The lowest BCUT2D eigenvalue weighted by Crippen LogP contribution is -2.54. The lowest BCUT2D eigenvalue weighted by atomic mass is 9.96. The largest absolute Gasteiger partial charge is 0.453 e. The average molecular weight is 690 g/mol. The average Bonchev–Trinajstić information content (AvgIpc) is 3.56. The van der Waals surface area contributed by atoms with E-state index in [0.717, 1.165) is 40.9 Å². The number of benzene rings is 1. The Morgan fingerprint density at radius 3 is 2.42 bits per heavy atom. The number of aliphatic hydroxyl groups excluding tert-OH is 1. The van der Waals surface area contributed by atoms with Crippen molar-refractivity contribution in [3.63, 3.8) is 0 Å². The van der Waals surface area contributed by atoms with Crippen LogP contribution in [0.15, 0.2) is 35.1 Å². The Balaban J connectivity index is 1.14. The summed E-state index contributed by atoms with van der Waals surface area (Å²) in [5.41, 5.74) is 0.660. The van der Waals surface area contributed by atoms with E-state index in [2.05, 4.69) is 19.8 Å². The van der Waals surface area contributed by atoms with Gasteiger partial charge in [-0.1, -0.05) is 18.2 Å². The maximum Gasteiger partial charge on any atom is 0.409 e. The molecule has 2 bridgehead atoms. The third kappa shape index (κ3) is 8.20. The van der Waals surface area contributed by atoms with Crippen molar-refractivity contribution >= 4 is 33.1 Å². The van der Waals surface area contributed by atoms with Gasteiger partial charge in [0.2, 0.25) is 0 Å². The summed E-state index contributed by atoms with van der Waals surface area (Å²) in [7, 11) is 0.765. The Labute approximate surface area is 283 Å². The van der Waals surface area contributed by atoms with Crippen LogP contribution in [0.3, 0.4) is 0 Å². The first-order valence-electron chi connectivity index (χ1n) is 16.9. The molecule has 15 heteroatoms. The molecule has 3 aliphatic heterocycles. The van der Waals surface area contributed by atoms with Crippen LogP contribution in [0.5, 0.6) is 0 Å². The summed E-state index contributed by atoms with van der Waals surface area (Å²) in [5.74, 6) is -0.355. The zero-order valence-corrected chi connectivity index (χ0v) is 29.5. The predicted molar refractivity (Wildman–Crippen MR) is 183 cm³/mol. The van der Waals surface area contributed by atoms with Crippen LogP contribution >= 0.6 is 0 Å². The van der Waals surface area contributed by atoms with E-state index in [9.17, 15) is 27.9 Å². The van der Waals surface area contributed by atoms with Crippen LogP contribution in [0, 0.1) is 0 Å². The number of pyridine rings is 1. The molecule has 2 amide bonds. The molecule has 5 atom stereocenters. The molecule has 0 aliphatic carbocycles. The fourth-order valence-electron chi connectivity index (χ4n) is 7.57. The minimum absolute atomic E-state index is 0.0835. The normalized spacial score (nSPS) is 24.0. The number of nitrogens with one attached hydrogen (secondary N) is 2. The molecule has 5 rings (SSSR count). The number of aromatic nitrogens is 1. The van der Waals surface area contributed by atoms with Crippen LogP contribution in [-0.4, -0.2) is 140 Å². The van der Waals surface area contributed by atoms with E-state index in [-0.39, 0.29) is 53.8 Å². The zero-order chi connectivity index (χ0) is 34.7. The number of likely N-dealkylation sites (tertiary alicyclic amines) is 1. The van der Waals surface area contributed by atoms with Gasteiger partial charge in [0.05, 0.1) is 25.3 Å². The van der Waals surface area contributed by atoms with E-state index in [1.165, 1.54) is 26.1 Å². The summed E-state index contributed by atoms with van der Waals surface area (Å²) in [5, 5.41) is 15.1. The minimum atomic E-state index is -3.52. The second kappa shape index (κ2) is 15.2. The van der Waals surface area contributed by atoms with E-state index in [4.69, 9.17) is 4.74 Å². The highest BCUT2D eigenvalue weighted by Gasteiger charge is 2.42. The fourth-order valence-corrected chi connectivity index (χ4v) is 8.39. The van der Waals surface area contributed by atoms with Crippen LogP contribution in [0.4, 0.5) is 4.79 Å². The molecule has 3 fully saturated rings. The molecule has 4 heterocycles. The van der Waals surface area contributed by atoms with Crippen molar-refractivity contribution < 1.29 is 27.9 Å². The molecule has 1 aromatic heterocycles. The molecule has 3 N–H and O–H groups in total. The lowest BCUT2D eigenvalue weighted by molar-refractivity contribution is 0.0302. The SMILES string of the molecule is COC(=O)N(CCN1CCC(NS(=O)(=O)N(C)C)C1)CC(O)CN1[C@@H]2CC[C@H]1CC(NC(=O)c1cc3ccccc3n(C(C)C)c1=O)C2. The number of amides is 2. The third-order valence-corrected chi connectivity index (χ3v) is 11.6. The monoisotopic (exact) mass is 689 g/mol. The molecule has 0 radical (unpaired) electrons. The Morgan fingerprint density at radius 2 is 1.77 bits per heavy atom. The first-order chi connectivity index (χ1) is 22.8. The van der Waals surface area contributed by atoms with E-state index < -0.39 is 22.4 Å². The Bertz CT molecular complexity index is 1620. The molecule has 266 valence electrons. The van der Waals surface area contributed by atoms with E-state index in [1.807, 2.05) is 38.1 Å². The molecule has 3 unspecified atom stereocenters. The van der Waals surface area contributed by atoms with Gasteiger partial charge in [-0.05, 0) is 70.0 Å². The van der Waals surface area contributed by atoms with Crippen molar-refractivity contribution in [2.75, 3.05) is 60.5 Å². The highest BCUT2D eigenvalue weighted by molar-refractivity contribution is 7.87. The van der Waals surface area contributed by atoms with Gasteiger partial charge >= 0.3 is 6.09 Å². The van der Waals surface area contributed by atoms with Crippen LogP contribution in [0.25, 0.3) is 10.9 Å². The van der Waals surface area contributed by atoms with Crippen molar-refractivity contribution in [3.05, 3.63) is 46.2 Å². The molecular formula is C33H51N7O7S. The number of methoxy groups -OCH3 is 1. The highest BCUT2D eigenvalue weighted by Crippen LogP contribution is 2.36. The number of hydrogen-bond donors (Lipinski definition) is 3. The number of piperidine rings is 1. The zero-order valence-electron chi connectivity index (χ0n) is 28.7. The highest BCUT2D eigenvalue weighted by atomic mass is 32.2. The van der Waals surface area contributed by atoms with Crippen LogP contribution < -0.4 is 15.6 Å². The molecule has 14 nitrogen and oxygen atoms in total. The van der Waals surface area contributed by atoms with Crippen molar-refractivity contribution in [2.45, 2.75) is 82.3 Å². The van der Waals surface area contributed by atoms with E-state index >= 15 is 0 Å². The smallest absolute Gasteiger partial charge is 0.409 e. The van der Waals surface area contributed by atoms with Gasteiger partial charge in [-0.15, -0.1) is 0 Å². The Kier molecular flexibility index (Phi) is 11.5. The number of rotatable bonds is 13. The summed E-state index contributed by atoms with van der Waals surface area (Å²) in [6.07, 6.45) is 2.69. The molecule has 1 aromatic carbocycles. The number of aliphatic hydroxyl groups is 1. The van der Waals surface area contributed by atoms with E-state index in [1.54, 1.807) is 10.6 Å². The number of para-hydroxylation sites is 1. The fraction of sp³-hybridized carbons (Fsp3) is 0.667. The predicted octanol–water partition coefficient (Wildman–Crippen LogP) is 1.21. The van der Waals surface area contributed by atoms with Gasteiger partial charge < -0.3 is 24.6 Å². The van der Waals surface area contributed by atoms with Gasteiger partial charge in [0, 0.05) is 70.5 Å². The number of hydrogen-bond acceptors (Lipinski definition) is 9. The van der Waals surface area contributed by atoms with Gasteiger partial charge in [-0.25, -0.2) is 4.79 Å². The van der Waals surface area contributed by atoms with Crippen molar-refractivity contribution in [3.8, 4) is 0 Å². The van der Waals surface area contributed by atoms with Gasteiger partial charge in [0.1, 0.15) is 5.56 Å². The van der Waals surface area contributed by atoms with Crippen LogP contribution in [-0.2, 0) is 14.9 Å². The minimum Gasteiger partial charge on any atom is -0.453 e. The Morgan fingerprint density at radius 1 is 1.08 bits per heavy atom. The molecule has 3 saturated heterocycles. The molecule has 3 aliphatic rings. The number of carbonyl (C=O) groups is 2. The second-order valence-corrected chi connectivity index (χ2v) is 15.8. The molecule has 2 aromatic rings. The third-order valence-electron chi connectivity index (χ3n) is 9.97. The number of carbonyl (C=O) groups excluding carboxylic acids is 2. The Hall–Kier alpha value is -3.08. The number of nitrogens with zero attached hydrogens (tertiary/aromatic N) is 5. The van der Waals surface area contributed by atoms with Crippen molar-refractivity contribution in [2.24, 2.45) is 0 Å². The maximum absolute atomic E-state index is 13.5. The molecule has 0 saturated carbocycles. The van der Waals surface area contributed by atoms with Crippen LogP contribution in [0.2, 0.25) is 0 Å². The van der Waals surface area contributed by atoms with Crippen LogP contribution in [0.1, 0.15) is 62.4 Å². The van der Waals surface area contributed by atoms with Gasteiger partial charge in [0.25, 0.3) is 21.7 Å². The van der Waals surface area contributed by atoms with Crippen molar-refractivity contribution in [1.82, 2.24) is 33.6 Å². The van der Waals surface area contributed by atoms with Gasteiger partial charge in [-0.2, -0.15) is 17.4 Å². The second-order valence-electron chi connectivity index (χ2n) is 13.9. The maximum atomic E-state index is 13.5. The number of fused-ring (bicyclic) bond motifs is 3. The quantitative estimate of drug-likeness (QED) is 0.281. The first-order valence-corrected chi connectivity index (χ1v) is 18.3. The first kappa shape index (κ1) is 36.2. The molecular weight excluding hydrogens is 638 g/mol. The number of ether oxygens (including phenoxy) is 1. The molecule has 0 spiro atoms. The summed E-state index contributed by atoms with van der Waals surface area (Å²) in [6, 6.07) is 9.25. The summed E-state index contributed by atoms with van der Waals surface area (Å²) >= 11 is 0. The topological polar surface area (TPSA) is 157 Å². The lowest BCUT2D eigenvalue weighted by Gasteiger charge is -2.40. The summed E-state index contributed by atoms with van der Waals surface area (Å²) in [6.45, 7) is 6.47. The summed E-state index contributed by atoms with van der Waals surface area (Å²) in [4.78, 5) is 45.4. The van der Waals surface area contributed by atoms with E-state index in [0.29, 0.717) is 39.1 Å². The van der Waals surface area contributed by atoms with Gasteiger partial charge in [0.15, 0.2) is 0 Å². The molecule has 48 heavy (non-hydrogen) atoms. The summed E-state index contributed by atoms with van der Waals surface area (Å²) < 4.78 is 34.9. The van der Waals surface area contributed by atoms with Gasteiger partial charge in [-0.3, -0.25) is 19.4 Å².